The van der Waals surface area contributed by atoms with Crippen LogP contribution >= 0.6 is 7.82 Å². The summed E-state index contributed by atoms with van der Waals surface area (Å²) in [6, 6.07) is -0.803. The van der Waals surface area contributed by atoms with Crippen molar-refractivity contribution in [3.63, 3.8) is 0 Å². The van der Waals surface area contributed by atoms with E-state index >= 15 is 0 Å². The Kier molecular flexibility index (Phi) is 53.5. The average molecular weight is 1030 g/mol. The molecule has 0 aliphatic heterocycles. The molecule has 424 valence electrons. The normalized spacial score (nSPS) is 13.8. The van der Waals surface area contributed by atoms with Gasteiger partial charge in [0.05, 0.1) is 39.9 Å². The van der Waals surface area contributed by atoms with Gasteiger partial charge in [0.2, 0.25) is 5.91 Å². The Morgan fingerprint density at radius 3 is 1.10 bits per heavy atom. The molecule has 0 rings (SSSR count). The number of rotatable bonds is 59. The molecule has 9 heteroatoms. The van der Waals surface area contributed by atoms with E-state index in [-0.39, 0.29) is 19.1 Å². The molecule has 0 saturated heterocycles. The van der Waals surface area contributed by atoms with E-state index in [0.29, 0.717) is 23.9 Å². The SMILES string of the molecule is CCCCCCCCC/C=C\CCCCCCCC(=O)NC(COP(=O)([O-])OCC[N+](C)(C)C)C(O)CCCCCCCCCCCCCCCCCCCCCCCCCCCCCCCCCCC. The van der Waals surface area contributed by atoms with Crippen molar-refractivity contribution < 1.29 is 32.9 Å². The van der Waals surface area contributed by atoms with E-state index in [9.17, 15) is 19.4 Å². The molecule has 0 aromatic carbocycles. The van der Waals surface area contributed by atoms with Gasteiger partial charge in [0.1, 0.15) is 13.2 Å². The Bertz CT molecular complexity index is 1160. The zero-order valence-electron chi connectivity index (χ0n) is 48.5. The second-order valence-electron chi connectivity index (χ2n) is 23.1. The summed E-state index contributed by atoms with van der Waals surface area (Å²) in [6.07, 6.45) is 67.0. The van der Waals surface area contributed by atoms with Crippen molar-refractivity contribution in [1.82, 2.24) is 5.32 Å². The molecule has 0 bridgehead atoms. The zero-order valence-corrected chi connectivity index (χ0v) is 49.4. The summed E-state index contributed by atoms with van der Waals surface area (Å²) in [5, 5.41) is 14.0. The number of nitrogens with zero attached hydrogens (tertiary/aromatic N) is 1. The minimum absolute atomic E-state index is 0.0130. The van der Waals surface area contributed by atoms with Gasteiger partial charge in [0, 0.05) is 6.42 Å². The fourth-order valence-corrected chi connectivity index (χ4v) is 10.5. The monoisotopic (exact) mass is 1020 g/mol. The van der Waals surface area contributed by atoms with Crippen LogP contribution in [0.3, 0.4) is 0 Å². The van der Waals surface area contributed by atoms with Gasteiger partial charge in [-0.2, -0.15) is 0 Å². The lowest BCUT2D eigenvalue weighted by Crippen LogP contribution is -2.46. The minimum Gasteiger partial charge on any atom is -0.756 e. The molecule has 8 nitrogen and oxygen atoms in total. The predicted octanol–water partition coefficient (Wildman–Crippen LogP) is 18.8. The van der Waals surface area contributed by atoms with Gasteiger partial charge in [-0.15, -0.1) is 0 Å². The standard InChI is InChI=1S/C62H125N2O6P/c1-6-8-10-12-14-16-18-20-22-24-25-26-27-28-29-30-31-32-33-34-35-36-37-38-39-40-41-43-45-47-49-51-53-55-61(65)60(59-70-71(67,68)69-58-57-64(3,4)5)63-62(66)56-54-52-50-48-46-44-42-23-21-19-17-15-13-11-9-7-2/h23,42,60-61,65H,6-22,24-41,43-59H2,1-5H3,(H-,63,66,67,68)/b42-23-. The number of phosphoric ester groups is 1. The zero-order chi connectivity index (χ0) is 52.0. The Morgan fingerprint density at radius 1 is 0.479 bits per heavy atom. The fraction of sp³-hybridized carbons (Fsp3) is 0.952. The molecular formula is C62H125N2O6P. The third kappa shape index (κ3) is 56.8. The molecule has 3 unspecified atom stereocenters. The number of carbonyl (C=O) groups excluding carboxylic acids is 1. The first-order valence-corrected chi connectivity index (χ1v) is 33.0. The maximum absolute atomic E-state index is 13.0. The molecule has 2 N–H and O–H groups in total. The number of hydrogen-bond acceptors (Lipinski definition) is 6. The van der Waals surface area contributed by atoms with Gasteiger partial charge in [-0.1, -0.05) is 296 Å². The van der Waals surface area contributed by atoms with Crippen molar-refractivity contribution >= 4 is 13.7 Å². The van der Waals surface area contributed by atoms with Crippen LogP contribution < -0.4 is 10.2 Å². The van der Waals surface area contributed by atoms with Crippen LogP contribution in [0.1, 0.15) is 328 Å². The van der Waals surface area contributed by atoms with Crippen LogP contribution in [0.4, 0.5) is 0 Å². The lowest BCUT2D eigenvalue weighted by atomic mass is 10.0. The molecule has 0 saturated carbocycles. The Labute approximate surface area is 443 Å². The topological polar surface area (TPSA) is 108 Å². The average Bonchev–Trinajstić information content (AvgIpc) is 3.33. The summed E-state index contributed by atoms with van der Waals surface area (Å²) in [6.45, 7) is 4.76. The number of quaternary nitrogens is 1. The van der Waals surface area contributed by atoms with Crippen LogP contribution in [0, 0.1) is 0 Å². The maximum Gasteiger partial charge on any atom is 0.268 e. The Morgan fingerprint density at radius 2 is 0.775 bits per heavy atom. The highest BCUT2D eigenvalue weighted by Gasteiger charge is 2.24. The molecule has 0 radical (unpaired) electrons. The molecule has 3 atom stereocenters. The molecule has 71 heavy (non-hydrogen) atoms. The van der Waals surface area contributed by atoms with Crippen LogP contribution in [0.2, 0.25) is 0 Å². The first-order chi connectivity index (χ1) is 34.5. The van der Waals surface area contributed by atoms with E-state index in [1.54, 1.807) is 0 Å². The summed E-state index contributed by atoms with van der Waals surface area (Å²) in [7, 11) is 1.31. The number of unbranched alkanes of at least 4 members (excludes halogenated alkanes) is 44. The van der Waals surface area contributed by atoms with E-state index in [1.165, 1.54) is 250 Å². The number of phosphoric acid groups is 1. The predicted molar refractivity (Wildman–Crippen MR) is 307 cm³/mol. The lowest BCUT2D eigenvalue weighted by molar-refractivity contribution is -0.870. The van der Waals surface area contributed by atoms with Gasteiger partial charge in [-0.25, -0.2) is 0 Å². The largest absolute Gasteiger partial charge is 0.756 e. The summed E-state index contributed by atoms with van der Waals surface area (Å²) < 4.78 is 23.4. The summed E-state index contributed by atoms with van der Waals surface area (Å²) in [4.78, 5) is 25.5. The van der Waals surface area contributed by atoms with E-state index in [2.05, 4.69) is 31.3 Å². The molecule has 1 amide bonds. The molecule has 0 fully saturated rings. The minimum atomic E-state index is -4.57. The molecule has 0 spiro atoms. The second-order valence-corrected chi connectivity index (χ2v) is 24.5. The van der Waals surface area contributed by atoms with Crippen molar-refractivity contribution in [2.75, 3.05) is 40.9 Å². The molecule has 0 aliphatic carbocycles. The number of carbonyl (C=O) groups is 1. The van der Waals surface area contributed by atoms with Crippen LogP contribution in [0.25, 0.3) is 0 Å². The number of amides is 1. The maximum atomic E-state index is 13.0. The lowest BCUT2D eigenvalue weighted by Gasteiger charge is -2.30. The van der Waals surface area contributed by atoms with Crippen LogP contribution in [-0.2, 0) is 18.4 Å². The first kappa shape index (κ1) is 70.2. The third-order valence-corrected chi connectivity index (χ3v) is 15.7. The number of aliphatic hydroxyl groups is 1. The molecule has 0 aromatic rings. The van der Waals surface area contributed by atoms with Gasteiger partial charge < -0.3 is 28.8 Å². The second kappa shape index (κ2) is 54.0. The van der Waals surface area contributed by atoms with Crippen LogP contribution in [0.5, 0.6) is 0 Å². The van der Waals surface area contributed by atoms with Gasteiger partial charge in [-0.3, -0.25) is 9.36 Å². The summed E-state index contributed by atoms with van der Waals surface area (Å²) >= 11 is 0. The quantitative estimate of drug-likeness (QED) is 0.0272. The third-order valence-electron chi connectivity index (χ3n) is 14.8. The molecule has 0 heterocycles. The Hall–Kier alpha value is -0.760. The van der Waals surface area contributed by atoms with E-state index in [0.717, 1.165) is 51.4 Å². The number of hydrogen-bond donors (Lipinski definition) is 2. The smallest absolute Gasteiger partial charge is 0.268 e. The van der Waals surface area contributed by atoms with E-state index in [1.807, 2.05) is 21.1 Å². The van der Waals surface area contributed by atoms with Crippen molar-refractivity contribution in [2.24, 2.45) is 0 Å². The van der Waals surface area contributed by atoms with Gasteiger partial charge in [0.25, 0.3) is 7.82 Å². The molecule has 0 aromatic heterocycles. The van der Waals surface area contributed by atoms with Crippen LogP contribution in [-0.4, -0.2) is 68.5 Å². The highest BCUT2D eigenvalue weighted by atomic mass is 31.2. The first-order valence-electron chi connectivity index (χ1n) is 31.5. The summed E-state index contributed by atoms with van der Waals surface area (Å²) in [5.41, 5.74) is 0. The summed E-state index contributed by atoms with van der Waals surface area (Å²) in [5.74, 6) is -0.168. The number of allylic oxidation sites excluding steroid dienone is 2. The molecular weight excluding hydrogens is 900 g/mol. The number of nitrogens with one attached hydrogen (secondary N) is 1. The van der Waals surface area contributed by atoms with Crippen molar-refractivity contribution in [3.8, 4) is 0 Å². The van der Waals surface area contributed by atoms with E-state index in [4.69, 9.17) is 9.05 Å². The number of aliphatic hydroxyl groups excluding tert-OH is 1. The van der Waals surface area contributed by atoms with Crippen molar-refractivity contribution in [1.29, 1.82) is 0 Å². The highest BCUT2D eigenvalue weighted by molar-refractivity contribution is 7.45. The van der Waals surface area contributed by atoms with Gasteiger partial charge in [0.15, 0.2) is 0 Å². The van der Waals surface area contributed by atoms with Crippen LogP contribution in [0.15, 0.2) is 12.2 Å². The van der Waals surface area contributed by atoms with Crippen molar-refractivity contribution in [2.45, 2.75) is 341 Å². The highest BCUT2D eigenvalue weighted by Crippen LogP contribution is 2.38. The number of likely N-dealkylation sites (N-methyl/N-ethyl adjacent to an activating group) is 1. The van der Waals surface area contributed by atoms with Gasteiger partial charge in [-0.05, 0) is 38.5 Å². The van der Waals surface area contributed by atoms with Crippen molar-refractivity contribution in [3.05, 3.63) is 12.2 Å². The molecule has 0 aliphatic rings. The van der Waals surface area contributed by atoms with E-state index < -0.39 is 20.0 Å². The van der Waals surface area contributed by atoms with Gasteiger partial charge >= 0.3 is 0 Å². The Balaban J connectivity index is 3.98. The fourth-order valence-electron chi connectivity index (χ4n) is 9.80.